The van der Waals surface area contributed by atoms with Crippen LogP contribution in [0.5, 0.6) is 5.88 Å². The third-order valence-electron chi connectivity index (χ3n) is 3.18. The highest BCUT2D eigenvalue weighted by atomic mass is 32.2. The van der Waals surface area contributed by atoms with Gasteiger partial charge in [-0.1, -0.05) is 0 Å². The van der Waals surface area contributed by atoms with Gasteiger partial charge in [0, 0.05) is 19.2 Å². The fraction of sp³-hybridized carbons (Fsp3) is 0.545. The van der Waals surface area contributed by atoms with Crippen LogP contribution in [-0.2, 0) is 9.84 Å². The van der Waals surface area contributed by atoms with Crippen molar-refractivity contribution >= 4 is 21.3 Å². The van der Waals surface area contributed by atoms with E-state index in [4.69, 9.17) is 10.5 Å². The van der Waals surface area contributed by atoms with Gasteiger partial charge in [0.2, 0.25) is 5.88 Å². The maximum atomic E-state index is 11.5. The molecule has 0 spiro atoms. The number of hydrogen-bond acceptors (Lipinski definition) is 6. The maximum absolute atomic E-state index is 11.5. The van der Waals surface area contributed by atoms with Crippen molar-refractivity contribution in [1.82, 2.24) is 4.98 Å². The van der Waals surface area contributed by atoms with E-state index >= 15 is 0 Å². The Labute approximate surface area is 107 Å². The van der Waals surface area contributed by atoms with Gasteiger partial charge in [-0.05, 0) is 12.5 Å². The van der Waals surface area contributed by atoms with Crippen LogP contribution in [0.2, 0.25) is 0 Å². The quantitative estimate of drug-likeness (QED) is 0.850. The Bertz CT molecular complexity index is 544. The number of rotatable bonds is 3. The summed E-state index contributed by atoms with van der Waals surface area (Å²) in [5.41, 5.74) is 6.39. The molecule has 1 aliphatic heterocycles. The van der Waals surface area contributed by atoms with E-state index in [2.05, 4.69) is 4.98 Å². The summed E-state index contributed by atoms with van der Waals surface area (Å²) in [4.78, 5) is 6.09. The molecule has 1 aromatic heterocycles. The smallest absolute Gasteiger partial charge is 0.215 e. The molecule has 2 heterocycles. The second-order valence-corrected chi connectivity index (χ2v) is 6.66. The summed E-state index contributed by atoms with van der Waals surface area (Å²) >= 11 is 0. The van der Waals surface area contributed by atoms with E-state index < -0.39 is 9.84 Å². The van der Waals surface area contributed by atoms with Crippen molar-refractivity contribution < 1.29 is 13.2 Å². The van der Waals surface area contributed by atoms with Crippen molar-refractivity contribution in [2.24, 2.45) is 0 Å². The van der Waals surface area contributed by atoms with Crippen LogP contribution in [0.1, 0.15) is 6.42 Å². The molecular weight excluding hydrogens is 254 g/mol. The summed E-state index contributed by atoms with van der Waals surface area (Å²) in [6.45, 7) is 0. The van der Waals surface area contributed by atoms with E-state index in [0.717, 1.165) is 0 Å². The highest BCUT2D eigenvalue weighted by molar-refractivity contribution is 7.91. The number of methoxy groups -OCH3 is 1. The van der Waals surface area contributed by atoms with Crippen molar-refractivity contribution in [3.05, 3.63) is 12.1 Å². The zero-order chi connectivity index (χ0) is 13.3. The third kappa shape index (κ3) is 2.50. The largest absolute Gasteiger partial charge is 0.481 e. The predicted octanol–water partition coefficient (Wildman–Crippen LogP) is 0.296. The van der Waals surface area contributed by atoms with Gasteiger partial charge in [0.15, 0.2) is 15.7 Å². The first kappa shape index (κ1) is 12.9. The molecule has 1 fully saturated rings. The van der Waals surface area contributed by atoms with Crippen LogP contribution in [0.25, 0.3) is 0 Å². The molecule has 2 rings (SSSR count). The standard InChI is InChI=1S/C11H17N3O3S/c1-14(8-5-6-18(15,16)7-8)11-9(12)3-4-10(13-11)17-2/h3-4,8H,5-7,12H2,1-2H3. The summed E-state index contributed by atoms with van der Waals surface area (Å²) in [5, 5.41) is 0. The molecule has 100 valence electrons. The van der Waals surface area contributed by atoms with Crippen molar-refractivity contribution in [3.8, 4) is 5.88 Å². The fourth-order valence-corrected chi connectivity index (χ4v) is 3.87. The van der Waals surface area contributed by atoms with E-state index in [1.165, 1.54) is 7.11 Å². The van der Waals surface area contributed by atoms with E-state index in [1.807, 2.05) is 11.9 Å². The average Bonchev–Trinajstić information content (AvgIpc) is 2.69. The number of nitrogen functional groups attached to an aromatic ring is 1. The molecule has 0 aromatic carbocycles. The highest BCUT2D eigenvalue weighted by Gasteiger charge is 2.31. The first-order valence-electron chi connectivity index (χ1n) is 5.67. The number of pyridine rings is 1. The zero-order valence-corrected chi connectivity index (χ0v) is 11.3. The van der Waals surface area contributed by atoms with Crippen molar-refractivity contribution in [1.29, 1.82) is 0 Å². The second kappa shape index (κ2) is 4.64. The zero-order valence-electron chi connectivity index (χ0n) is 10.5. The molecule has 18 heavy (non-hydrogen) atoms. The molecule has 7 heteroatoms. The number of nitrogens with zero attached hydrogens (tertiary/aromatic N) is 2. The van der Waals surface area contributed by atoms with Crippen molar-refractivity contribution in [3.63, 3.8) is 0 Å². The molecular formula is C11H17N3O3S. The molecule has 1 aliphatic rings. The fourth-order valence-electron chi connectivity index (χ4n) is 2.09. The van der Waals surface area contributed by atoms with Crippen molar-refractivity contribution in [2.45, 2.75) is 12.5 Å². The van der Waals surface area contributed by atoms with Crippen LogP contribution in [-0.4, -0.2) is 45.1 Å². The minimum Gasteiger partial charge on any atom is -0.481 e. The molecule has 0 radical (unpaired) electrons. The Morgan fingerprint density at radius 3 is 2.78 bits per heavy atom. The van der Waals surface area contributed by atoms with Crippen LogP contribution in [0, 0.1) is 0 Å². The molecule has 1 aromatic rings. The Kier molecular flexibility index (Phi) is 3.34. The van der Waals surface area contributed by atoms with Crippen LogP contribution in [0.15, 0.2) is 12.1 Å². The van der Waals surface area contributed by atoms with Crippen molar-refractivity contribution in [2.75, 3.05) is 36.3 Å². The van der Waals surface area contributed by atoms with Gasteiger partial charge in [0.25, 0.3) is 0 Å². The molecule has 0 saturated carbocycles. The molecule has 1 atom stereocenters. The first-order chi connectivity index (χ1) is 8.43. The van der Waals surface area contributed by atoms with E-state index in [0.29, 0.717) is 23.8 Å². The highest BCUT2D eigenvalue weighted by Crippen LogP contribution is 2.27. The number of nitrogens with two attached hydrogens (primary N) is 1. The summed E-state index contributed by atoms with van der Waals surface area (Å²) in [7, 11) is 0.421. The van der Waals surface area contributed by atoms with Gasteiger partial charge in [0.05, 0.1) is 24.3 Å². The van der Waals surface area contributed by atoms with Gasteiger partial charge in [-0.15, -0.1) is 0 Å². The SMILES string of the molecule is COc1ccc(N)c(N(C)C2CCS(=O)(=O)C2)n1. The van der Waals surface area contributed by atoms with Crippen LogP contribution >= 0.6 is 0 Å². The van der Waals surface area contributed by atoms with Gasteiger partial charge in [-0.25, -0.2) is 8.42 Å². The van der Waals surface area contributed by atoms with Gasteiger partial charge >= 0.3 is 0 Å². The Hall–Kier alpha value is -1.50. The third-order valence-corrected chi connectivity index (χ3v) is 4.93. The molecule has 1 unspecified atom stereocenters. The number of anilines is 2. The predicted molar refractivity (Wildman–Crippen MR) is 70.7 cm³/mol. The molecule has 6 nitrogen and oxygen atoms in total. The molecule has 0 amide bonds. The van der Waals surface area contributed by atoms with E-state index in [9.17, 15) is 8.42 Å². The molecule has 0 aliphatic carbocycles. The van der Waals surface area contributed by atoms with Gasteiger partial charge < -0.3 is 15.4 Å². The maximum Gasteiger partial charge on any atom is 0.215 e. The summed E-state index contributed by atoms with van der Waals surface area (Å²) in [6.07, 6.45) is 0.608. The Morgan fingerprint density at radius 1 is 1.50 bits per heavy atom. The second-order valence-electron chi connectivity index (χ2n) is 4.43. The lowest BCUT2D eigenvalue weighted by Crippen LogP contribution is -2.33. The number of aromatic nitrogens is 1. The van der Waals surface area contributed by atoms with E-state index in [1.54, 1.807) is 12.1 Å². The van der Waals surface area contributed by atoms with E-state index in [-0.39, 0.29) is 17.5 Å². The summed E-state index contributed by atoms with van der Waals surface area (Å²) < 4.78 is 28.0. The average molecular weight is 271 g/mol. The first-order valence-corrected chi connectivity index (χ1v) is 7.49. The minimum atomic E-state index is -2.92. The van der Waals surface area contributed by atoms with Crippen LogP contribution in [0.3, 0.4) is 0 Å². The van der Waals surface area contributed by atoms with Gasteiger partial charge in [0.1, 0.15) is 0 Å². The molecule has 1 saturated heterocycles. The lowest BCUT2D eigenvalue weighted by atomic mass is 10.2. The molecule has 2 N–H and O–H groups in total. The summed E-state index contributed by atoms with van der Waals surface area (Å²) in [5.74, 6) is 1.41. The number of hydrogen-bond donors (Lipinski definition) is 1. The topological polar surface area (TPSA) is 85.5 Å². The molecule has 0 bridgehead atoms. The van der Waals surface area contributed by atoms with Crippen LogP contribution < -0.4 is 15.4 Å². The lowest BCUT2D eigenvalue weighted by Gasteiger charge is -2.25. The summed E-state index contributed by atoms with van der Waals surface area (Å²) in [6, 6.07) is 3.32. The Balaban J connectivity index is 2.26. The Morgan fingerprint density at radius 2 is 2.22 bits per heavy atom. The number of ether oxygens (including phenoxy) is 1. The lowest BCUT2D eigenvalue weighted by molar-refractivity contribution is 0.398. The minimum absolute atomic E-state index is 0.0723. The van der Waals surface area contributed by atoms with Gasteiger partial charge in [-0.3, -0.25) is 0 Å². The number of sulfone groups is 1. The monoisotopic (exact) mass is 271 g/mol. The van der Waals surface area contributed by atoms with Crippen LogP contribution in [0.4, 0.5) is 11.5 Å². The van der Waals surface area contributed by atoms with Gasteiger partial charge in [-0.2, -0.15) is 4.98 Å². The normalized spacial score (nSPS) is 21.8.